The van der Waals surface area contributed by atoms with Gasteiger partial charge < -0.3 is 20.4 Å². The smallest absolute Gasteiger partial charge is 0.118 e. The van der Waals surface area contributed by atoms with Crippen LogP contribution < -0.4 is 0 Å². The summed E-state index contributed by atoms with van der Waals surface area (Å²) in [5, 5.41) is 41.7. The molecule has 0 aliphatic rings. The maximum Gasteiger partial charge on any atom is 0.118 e. The number of hydrogen-bond acceptors (Lipinski definition) is 4. The summed E-state index contributed by atoms with van der Waals surface area (Å²) in [6, 6.07) is 18.6. The third-order valence-corrected chi connectivity index (χ3v) is 7.14. The third-order valence-electron chi connectivity index (χ3n) is 7.14. The van der Waals surface area contributed by atoms with E-state index in [2.05, 4.69) is 0 Å². The van der Waals surface area contributed by atoms with Gasteiger partial charge in [-0.2, -0.15) is 0 Å². The molecule has 0 spiro atoms. The van der Waals surface area contributed by atoms with E-state index in [-0.39, 0.29) is 23.0 Å². The number of aryl methyl sites for hydroxylation is 6. The minimum atomic E-state index is -0.860. The zero-order valence-electron chi connectivity index (χ0n) is 21.1. The van der Waals surface area contributed by atoms with Gasteiger partial charge >= 0.3 is 0 Å². The zero-order valence-corrected chi connectivity index (χ0v) is 21.1. The van der Waals surface area contributed by atoms with E-state index in [0.29, 0.717) is 0 Å². The number of phenols is 4. The monoisotopic (exact) mass is 468 g/mol. The highest BCUT2D eigenvalue weighted by Crippen LogP contribution is 2.51. The maximum atomic E-state index is 10.5. The van der Waals surface area contributed by atoms with Crippen LogP contribution in [-0.4, -0.2) is 20.4 Å². The fourth-order valence-corrected chi connectivity index (χ4v) is 5.23. The first-order valence-corrected chi connectivity index (χ1v) is 11.7. The summed E-state index contributed by atoms with van der Waals surface area (Å²) in [6.45, 7) is 11.6. The molecule has 0 saturated heterocycles. The summed E-state index contributed by atoms with van der Waals surface area (Å²) >= 11 is 0. The molecule has 0 aliphatic carbocycles. The van der Waals surface area contributed by atoms with Crippen LogP contribution in [0.5, 0.6) is 23.0 Å². The highest BCUT2D eigenvalue weighted by atomic mass is 16.3. The van der Waals surface area contributed by atoms with E-state index in [9.17, 15) is 20.4 Å². The average Bonchev–Trinajstić information content (AvgIpc) is 2.79. The van der Waals surface area contributed by atoms with Gasteiger partial charge in [-0.1, -0.05) is 30.3 Å². The van der Waals surface area contributed by atoms with E-state index in [1.165, 1.54) is 0 Å². The first-order valence-electron chi connectivity index (χ1n) is 11.7. The van der Waals surface area contributed by atoms with Crippen LogP contribution in [0.25, 0.3) is 0 Å². The Bertz CT molecular complexity index is 1290. The second-order valence-electron chi connectivity index (χ2n) is 9.66. The Labute approximate surface area is 206 Å². The van der Waals surface area contributed by atoms with Crippen molar-refractivity contribution in [1.29, 1.82) is 0 Å². The molecule has 4 rings (SSSR count). The molecular weight excluding hydrogens is 436 g/mol. The quantitative estimate of drug-likeness (QED) is 0.250. The Kier molecular flexibility index (Phi) is 6.02. The van der Waals surface area contributed by atoms with Crippen LogP contribution in [0.1, 0.15) is 55.6 Å². The first kappa shape index (κ1) is 24.2. The van der Waals surface area contributed by atoms with Crippen molar-refractivity contribution in [3.8, 4) is 23.0 Å². The van der Waals surface area contributed by atoms with Gasteiger partial charge in [0.2, 0.25) is 0 Å². The molecule has 4 nitrogen and oxygen atoms in total. The molecule has 0 heterocycles. The topological polar surface area (TPSA) is 80.9 Å². The van der Waals surface area contributed by atoms with Crippen LogP contribution in [-0.2, 0) is 5.41 Å². The molecule has 4 N–H and O–H groups in total. The average molecular weight is 469 g/mol. The van der Waals surface area contributed by atoms with Gasteiger partial charge in [-0.15, -0.1) is 0 Å². The van der Waals surface area contributed by atoms with Crippen LogP contribution in [0.2, 0.25) is 0 Å². The van der Waals surface area contributed by atoms with E-state index < -0.39 is 5.41 Å². The predicted octanol–water partition coefficient (Wildman–Crippen LogP) is 6.74. The van der Waals surface area contributed by atoms with Crippen molar-refractivity contribution in [1.82, 2.24) is 0 Å². The van der Waals surface area contributed by atoms with Gasteiger partial charge in [-0.3, -0.25) is 0 Å². The molecule has 0 fully saturated rings. The van der Waals surface area contributed by atoms with Crippen LogP contribution >= 0.6 is 0 Å². The second kappa shape index (κ2) is 8.70. The van der Waals surface area contributed by atoms with Gasteiger partial charge in [-0.25, -0.2) is 0 Å². The van der Waals surface area contributed by atoms with Gasteiger partial charge in [0, 0.05) is 0 Å². The van der Waals surface area contributed by atoms with E-state index in [1.807, 2.05) is 71.9 Å². The number of aromatic hydroxyl groups is 4. The molecule has 0 saturated carbocycles. The first-order chi connectivity index (χ1) is 16.5. The SMILES string of the molecule is Cc1cc(C(c2ccc(O)cc2)(c2cc(C)c(O)cc2C)c2cc(C)c(O)cc2C)c(C)cc1O. The van der Waals surface area contributed by atoms with E-state index in [1.54, 1.807) is 30.3 Å². The molecule has 4 aromatic carbocycles. The highest BCUT2D eigenvalue weighted by Gasteiger charge is 2.42. The van der Waals surface area contributed by atoms with Crippen molar-refractivity contribution in [2.75, 3.05) is 0 Å². The fourth-order valence-electron chi connectivity index (χ4n) is 5.23. The largest absolute Gasteiger partial charge is 0.508 e. The summed E-state index contributed by atoms with van der Waals surface area (Å²) in [5.41, 5.74) is 7.91. The highest BCUT2D eigenvalue weighted by molar-refractivity contribution is 5.68. The van der Waals surface area contributed by atoms with E-state index >= 15 is 0 Å². The van der Waals surface area contributed by atoms with Gasteiger partial charge in [-0.05, 0) is 128 Å². The lowest BCUT2D eigenvalue weighted by Gasteiger charge is -2.40. The van der Waals surface area contributed by atoms with Gasteiger partial charge in [0.15, 0.2) is 0 Å². The normalized spacial score (nSPS) is 11.6. The Morgan fingerprint density at radius 3 is 1.06 bits per heavy atom. The van der Waals surface area contributed by atoms with Crippen molar-refractivity contribution in [2.24, 2.45) is 0 Å². The molecule has 0 amide bonds. The maximum absolute atomic E-state index is 10.5. The molecule has 35 heavy (non-hydrogen) atoms. The summed E-state index contributed by atoms with van der Waals surface area (Å²) in [7, 11) is 0. The van der Waals surface area contributed by atoms with Crippen molar-refractivity contribution in [3.63, 3.8) is 0 Å². The lowest BCUT2D eigenvalue weighted by Crippen LogP contribution is -2.34. The van der Waals surface area contributed by atoms with Crippen LogP contribution in [0.4, 0.5) is 0 Å². The van der Waals surface area contributed by atoms with Crippen molar-refractivity contribution in [2.45, 2.75) is 47.0 Å². The van der Waals surface area contributed by atoms with Crippen molar-refractivity contribution >= 4 is 0 Å². The van der Waals surface area contributed by atoms with E-state index in [4.69, 9.17) is 0 Å². The molecule has 4 aromatic rings. The van der Waals surface area contributed by atoms with Gasteiger partial charge in [0.05, 0.1) is 5.41 Å². The molecular formula is C31H32O4. The van der Waals surface area contributed by atoms with Crippen LogP contribution in [0.3, 0.4) is 0 Å². The minimum Gasteiger partial charge on any atom is -0.508 e. The number of phenolic OH excluding ortho intramolecular Hbond substituents is 4. The molecule has 0 atom stereocenters. The molecule has 0 aromatic heterocycles. The molecule has 0 bridgehead atoms. The Morgan fingerprint density at radius 1 is 0.429 bits per heavy atom. The summed E-state index contributed by atoms with van der Waals surface area (Å²) < 4.78 is 0. The number of rotatable bonds is 4. The van der Waals surface area contributed by atoms with Crippen LogP contribution in [0.15, 0.2) is 60.7 Å². The predicted molar refractivity (Wildman–Crippen MR) is 140 cm³/mol. The molecule has 180 valence electrons. The van der Waals surface area contributed by atoms with Crippen molar-refractivity contribution < 1.29 is 20.4 Å². The van der Waals surface area contributed by atoms with Gasteiger partial charge in [0.1, 0.15) is 23.0 Å². The second-order valence-corrected chi connectivity index (χ2v) is 9.66. The molecule has 4 heteroatoms. The molecule has 0 aliphatic heterocycles. The fraction of sp³-hybridized carbons (Fsp3) is 0.226. The molecule has 0 radical (unpaired) electrons. The van der Waals surface area contributed by atoms with E-state index in [0.717, 1.165) is 55.6 Å². The van der Waals surface area contributed by atoms with Crippen LogP contribution in [0, 0.1) is 41.5 Å². The molecule has 0 unspecified atom stereocenters. The summed E-state index contributed by atoms with van der Waals surface area (Å²) in [5.74, 6) is 0.840. The lowest BCUT2D eigenvalue weighted by molar-refractivity contribution is 0.469. The standard InChI is InChI=1S/C31H32O4/c1-17-14-28(33)20(4)11-25(17)31(23-7-9-24(32)10-8-23,26-12-21(5)29(34)15-18(26)2)27-13-22(6)30(35)16-19(27)3/h7-16,32-35H,1-6H3. The zero-order chi connectivity index (χ0) is 25.7. The van der Waals surface area contributed by atoms with Crippen molar-refractivity contribution in [3.05, 3.63) is 116 Å². The van der Waals surface area contributed by atoms with Gasteiger partial charge in [0.25, 0.3) is 0 Å². The lowest BCUT2D eigenvalue weighted by atomic mass is 9.61. The Morgan fingerprint density at radius 2 is 0.743 bits per heavy atom. The summed E-state index contributed by atoms with van der Waals surface area (Å²) in [6.07, 6.45) is 0. The third kappa shape index (κ3) is 3.89. The number of hydrogen-bond donors (Lipinski definition) is 4. The minimum absolute atomic E-state index is 0.165. The Balaban J connectivity index is 2.32. The number of benzene rings is 4. The Hall–Kier alpha value is -3.92. The summed E-state index contributed by atoms with van der Waals surface area (Å²) in [4.78, 5) is 0.